The molecule has 5 aromatic rings. The molecule has 8 heteroatoms. The molecule has 0 saturated heterocycles. The molecular formula is C30H28N6OS. The summed E-state index contributed by atoms with van der Waals surface area (Å²) in [4.78, 5) is 9.68. The van der Waals surface area contributed by atoms with E-state index in [0.29, 0.717) is 12.4 Å². The van der Waals surface area contributed by atoms with Crippen LogP contribution in [-0.4, -0.2) is 24.9 Å². The second-order valence-corrected chi connectivity index (χ2v) is 10.4. The van der Waals surface area contributed by atoms with Gasteiger partial charge in [-0.3, -0.25) is 0 Å². The van der Waals surface area contributed by atoms with Crippen LogP contribution in [0.3, 0.4) is 0 Å². The molecule has 1 aliphatic rings. The zero-order chi connectivity index (χ0) is 26.2. The van der Waals surface area contributed by atoms with Gasteiger partial charge in [0.2, 0.25) is 17.4 Å². The first kappa shape index (κ1) is 24.2. The Balaban J connectivity index is 1.31. The lowest BCUT2D eigenvalue weighted by molar-refractivity contribution is 0.591. The summed E-state index contributed by atoms with van der Waals surface area (Å²) >= 11 is -1.48. The van der Waals surface area contributed by atoms with Crippen LogP contribution in [0.4, 0.5) is 5.69 Å². The molecule has 190 valence electrons. The lowest BCUT2D eigenvalue weighted by Gasteiger charge is -2.12. The molecule has 0 amide bonds. The Morgan fingerprint density at radius 1 is 0.868 bits per heavy atom. The van der Waals surface area contributed by atoms with Gasteiger partial charge in [-0.2, -0.15) is 4.72 Å². The third-order valence-corrected chi connectivity index (χ3v) is 7.69. The Morgan fingerprint density at radius 3 is 2.32 bits per heavy atom. The number of hydrazone groups is 1. The highest BCUT2D eigenvalue weighted by Crippen LogP contribution is 2.29. The van der Waals surface area contributed by atoms with Gasteiger partial charge >= 0.3 is 0 Å². The van der Waals surface area contributed by atoms with Crippen LogP contribution < -0.4 is 9.14 Å². The van der Waals surface area contributed by atoms with Crippen molar-refractivity contribution in [3.05, 3.63) is 113 Å². The molecular weight excluding hydrogens is 492 g/mol. The summed E-state index contributed by atoms with van der Waals surface area (Å²) in [6.45, 7) is 6.96. The van der Waals surface area contributed by atoms with Crippen molar-refractivity contribution in [1.29, 1.82) is 0 Å². The average molecular weight is 521 g/mol. The quantitative estimate of drug-likeness (QED) is 0.292. The molecule has 38 heavy (non-hydrogen) atoms. The van der Waals surface area contributed by atoms with Gasteiger partial charge in [0.05, 0.1) is 6.54 Å². The van der Waals surface area contributed by atoms with Gasteiger partial charge in [-0.15, -0.1) is 5.10 Å². The molecule has 1 unspecified atom stereocenters. The standard InChI is InChI=1S/C30H28N6OS/c1-4-27-32-28-20(2)18-21(3)31-30(28)35(27)19-22-14-16-23(17-15-22)25-12-8-9-13-26(25)29-33-36(38(37)34-29)24-10-6-5-7-11-24/h5-18H,4,19H2,1-3H3,(H,33,34). The number of hydrogen-bond donors (Lipinski definition) is 1. The van der Waals surface area contributed by atoms with E-state index in [9.17, 15) is 4.55 Å². The fraction of sp³-hybridized carbons (Fsp3) is 0.167. The number of para-hydroxylation sites is 1. The molecule has 1 N–H and O–H groups in total. The molecule has 2 aromatic heterocycles. The molecule has 0 aliphatic carbocycles. The van der Waals surface area contributed by atoms with Crippen molar-refractivity contribution in [3.8, 4) is 11.1 Å². The first-order chi connectivity index (χ1) is 18.5. The maximum absolute atomic E-state index is 12.8. The minimum absolute atomic E-state index is 0.584. The summed E-state index contributed by atoms with van der Waals surface area (Å²) in [5, 5.41) is 4.65. The highest BCUT2D eigenvalue weighted by Gasteiger charge is 2.32. The number of imidazole rings is 1. The molecule has 1 aliphatic heterocycles. The number of nitrogens with one attached hydrogen (secondary N) is 1. The van der Waals surface area contributed by atoms with Crippen molar-refractivity contribution in [1.82, 2.24) is 19.3 Å². The van der Waals surface area contributed by atoms with E-state index < -0.39 is 11.5 Å². The van der Waals surface area contributed by atoms with E-state index in [4.69, 9.17) is 9.97 Å². The van der Waals surface area contributed by atoms with Crippen molar-refractivity contribution in [2.45, 2.75) is 33.7 Å². The zero-order valence-electron chi connectivity index (χ0n) is 21.5. The summed E-state index contributed by atoms with van der Waals surface area (Å²) < 4.78 is 19.6. The van der Waals surface area contributed by atoms with Gasteiger partial charge in [-0.1, -0.05) is 78.1 Å². The summed E-state index contributed by atoms with van der Waals surface area (Å²) in [5.74, 6) is 1.62. The van der Waals surface area contributed by atoms with E-state index in [0.717, 1.165) is 57.0 Å². The number of rotatable bonds is 6. The Kier molecular flexibility index (Phi) is 6.35. The van der Waals surface area contributed by atoms with Crippen molar-refractivity contribution in [2.75, 3.05) is 4.41 Å². The smallest absolute Gasteiger partial charge is 0.219 e. The van der Waals surface area contributed by atoms with E-state index in [1.807, 2.05) is 55.5 Å². The molecule has 0 radical (unpaired) electrons. The number of hydrogen-bond acceptors (Lipinski definition) is 6. The van der Waals surface area contributed by atoms with E-state index in [1.54, 1.807) is 0 Å². The molecule has 3 heterocycles. The van der Waals surface area contributed by atoms with Gasteiger partial charge in [-0.25, -0.2) is 9.97 Å². The third-order valence-electron chi connectivity index (χ3n) is 6.71. The van der Waals surface area contributed by atoms with Gasteiger partial charge < -0.3 is 9.12 Å². The van der Waals surface area contributed by atoms with Crippen LogP contribution in [0.15, 0.2) is 90.0 Å². The van der Waals surface area contributed by atoms with Crippen LogP contribution in [0.5, 0.6) is 0 Å². The third kappa shape index (κ3) is 4.42. The maximum Gasteiger partial charge on any atom is 0.219 e. The largest absolute Gasteiger partial charge is 0.567 e. The van der Waals surface area contributed by atoms with Crippen molar-refractivity contribution in [2.24, 2.45) is 5.10 Å². The minimum Gasteiger partial charge on any atom is -0.567 e. The number of benzene rings is 3. The maximum atomic E-state index is 12.8. The van der Waals surface area contributed by atoms with Gasteiger partial charge in [0.1, 0.15) is 17.0 Å². The Morgan fingerprint density at radius 2 is 1.58 bits per heavy atom. The summed E-state index contributed by atoms with van der Waals surface area (Å²) in [6.07, 6.45) is 0.844. The number of anilines is 1. The van der Waals surface area contributed by atoms with Gasteiger partial charge in [0.15, 0.2) is 5.65 Å². The van der Waals surface area contributed by atoms with Crippen LogP contribution in [0, 0.1) is 13.8 Å². The van der Waals surface area contributed by atoms with Gasteiger partial charge in [0.25, 0.3) is 0 Å². The monoisotopic (exact) mass is 520 g/mol. The number of aryl methyl sites for hydroxylation is 3. The summed E-state index contributed by atoms with van der Waals surface area (Å²) in [6, 6.07) is 28.2. The lowest BCUT2D eigenvalue weighted by atomic mass is 9.98. The SMILES string of the molecule is CCc1nc2c(C)cc(C)nc2n1Cc1ccc(-c2ccccc2C2=NN(c3ccccc3)[S+]([O-])N2)cc1. The van der Waals surface area contributed by atoms with Crippen LogP contribution >= 0.6 is 0 Å². The zero-order valence-corrected chi connectivity index (χ0v) is 22.4. The van der Waals surface area contributed by atoms with Crippen LogP contribution in [-0.2, 0) is 24.5 Å². The van der Waals surface area contributed by atoms with E-state index in [-0.39, 0.29) is 0 Å². The first-order valence-electron chi connectivity index (χ1n) is 12.7. The highest BCUT2D eigenvalue weighted by atomic mass is 32.2. The van der Waals surface area contributed by atoms with E-state index in [2.05, 4.69) is 64.6 Å². The topological polar surface area (TPSA) is 81.4 Å². The molecule has 0 bridgehead atoms. The molecule has 0 fully saturated rings. The fourth-order valence-electron chi connectivity index (χ4n) is 4.89. The summed E-state index contributed by atoms with van der Waals surface area (Å²) in [7, 11) is 0. The Bertz CT molecular complexity index is 1650. The number of amidine groups is 1. The fourth-order valence-corrected chi connectivity index (χ4v) is 5.76. The molecule has 0 spiro atoms. The van der Waals surface area contributed by atoms with Crippen LogP contribution in [0.25, 0.3) is 22.3 Å². The lowest BCUT2D eigenvalue weighted by Crippen LogP contribution is -2.32. The van der Waals surface area contributed by atoms with Crippen molar-refractivity contribution in [3.63, 3.8) is 0 Å². The predicted octanol–water partition coefficient (Wildman–Crippen LogP) is 5.68. The second-order valence-electron chi connectivity index (χ2n) is 9.37. The van der Waals surface area contributed by atoms with E-state index in [1.165, 1.54) is 9.98 Å². The Labute approximate surface area is 225 Å². The average Bonchev–Trinajstić information content (AvgIpc) is 3.50. The first-order valence-corrected chi connectivity index (χ1v) is 13.8. The minimum atomic E-state index is -1.48. The summed E-state index contributed by atoms with van der Waals surface area (Å²) in [5.41, 5.74) is 9.00. The molecule has 6 rings (SSSR count). The number of fused-ring (bicyclic) bond motifs is 1. The number of nitrogens with zero attached hydrogens (tertiary/aromatic N) is 5. The normalized spacial score (nSPS) is 15.1. The molecule has 1 atom stereocenters. The van der Waals surface area contributed by atoms with Gasteiger partial charge in [0, 0.05) is 17.7 Å². The van der Waals surface area contributed by atoms with Crippen LogP contribution in [0.1, 0.15) is 35.1 Å². The van der Waals surface area contributed by atoms with Gasteiger partial charge in [-0.05, 0) is 54.3 Å². The highest BCUT2D eigenvalue weighted by molar-refractivity contribution is 7.91. The molecule has 7 nitrogen and oxygen atoms in total. The van der Waals surface area contributed by atoms with Crippen LogP contribution in [0.2, 0.25) is 0 Å². The number of aromatic nitrogens is 3. The predicted molar refractivity (Wildman–Crippen MR) is 154 cm³/mol. The Hall–Kier alpha value is -4.14. The van der Waals surface area contributed by atoms with Crippen molar-refractivity contribution < 1.29 is 4.55 Å². The van der Waals surface area contributed by atoms with Crippen molar-refractivity contribution >= 4 is 34.2 Å². The van der Waals surface area contributed by atoms with E-state index >= 15 is 0 Å². The molecule has 0 saturated carbocycles. The molecule has 3 aromatic carbocycles. The second kappa shape index (κ2) is 9.96. The number of pyridine rings is 1.